The Labute approximate surface area is 111 Å². The summed E-state index contributed by atoms with van der Waals surface area (Å²) in [7, 11) is 0. The molecule has 1 aromatic carbocycles. The van der Waals surface area contributed by atoms with Gasteiger partial charge in [0.25, 0.3) is 0 Å². The predicted molar refractivity (Wildman–Crippen MR) is 73.7 cm³/mol. The van der Waals surface area contributed by atoms with Crippen molar-refractivity contribution in [3.8, 4) is 5.75 Å². The summed E-state index contributed by atoms with van der Waals surface area (Å²) in [5, 5.41) is 0.968. The molecule has 0 saturated heterocycles. The first-order chi connectivity index (χ1) is 8.19. The van der Waals surface area contributed by atoms with Gasteiger partial charge in [0.15, 0.2) is 0 Å². The standard InChI is InChI=1S/C13H14N2O2.ClH/c1-7-4-8-5-9(6-14)17-13(8)10-2-3-11(16)15-12(7)10;/h2-4,9H,5-6,14H2,1H3,(H,15,16);1H. The SMILES string of the molecule is Cc1cc2c(c3ccc(=O)[nH]c13)OC(CN)C2.Cl. The van der Waals surface area contributed by atoms with Crippen LogP contribution in [0.1, 0.15) is 11.1 Å². The van der Waals surface area contributed by atoms with Crippen LogP contribution in [0.3, 0.4) is 0 Å². The highest BCUT2D eigenvalue weighted by atomic mass is 35.5. The van der Waals surface area contributed by atoms with Crippen molar-refractivity contribution in [2.75, 3.05) is 6.54 Å². The molecular weight excluding hydrogens is 252 g/mol. The smallest absolute Gasteiger partial charge is 0.248 e. The van der Waals surface area contributed by atoms with E-state index >= 15 is 0 Å². The molecule has 1 unspecified atom stereocenters. The maximum atomic E-state index is 11.3. The average Bonchev–Trinajstić information content (AvgIpc) is 2.72. The number of aryl methyl sites for hydroxylation is 1. The number of nitrogens with one attached hydrogen (secondary N) is 1. The molecule has 96 valence electrons. The van der Waals surface area contributed by atoms with E-state index < -0.39 is 0 Å². The summed E-state index contributed by atoms with van der Waals surface area (Å²) in [6, 6.07) is 5.42. The summed E-state index contributed by atoms with van der Waals surface area (Å²) in [5.74, 6) is 0.873. The number of aromatic nitrogens is 1. The fourth-order valence-corrected chi connectivity index (χ4v) is 2.42. The van der Waals surface area contributed by atoms with Gasteiger partial charge in [-0.2, -0.15) is 0 Å². The molecule has 0 amide bonds. The average molecular weight is 267 g/mol. The zero-order valence-corrected chi connectivity index (χ0v) is 10.8. The molecule has 1 aliphatic heterocycles. The summed E-state index contributed by atoms with van der Waals surface area (Å²) < 4.78 is 5.82. The summed E-state index contributed by atoms with van der Waals surface area (Å²) in [5.41, 5.74) is 8.65. The molecule has 1 aromatic heterocycles. The van der Waals surface area contributed by atoms with Crippen molar-refractivity contribution in [2.45, 2.75) is 19.4 Å². The van der Waals surface area contributed by atoms with E-state index in [4.69, 9.17) is 10.5 Å². The van der Waals surface area contributed by atoms with E-state index in [0.717, 1.165) is 28.6 Å². The van der Waals surface area contributed by atoms with Crippen LogP contribution in [0.4, 0.5) is 0 Å². The molecule has 1 atom stereocenters. The topological polar surface area (TPSA) is 68.1 Å². The van der Waals surface area contributed by atoms with Crippen molar-refractivity contribution < 1.29 is 4.74 Å². The lowest BCUT2D eigenvalue weighted by Gasteiger charge is -2.09. The van der Waals surface area contributed by atoms with Crippen LogP contribution in [0.15, 0.2) is 23.0 Å². The Morgan fingerprint density at radius 3 is 3.00 bits per heavy atom. The van der Waals surface area contributed by atoms with Crippen LogP contribution >= 0.6 is 12.4 Å². The number of hydrogen-bond acceptors (Lipinski definition) is 3. The molecule has 5 heteroatoms. The second-order valence-corrected chi connectivity index (χ2v) is 4.47. The fraction of sp³-hybridized carbons (Fsp3) is 0.308. The van der Waals surface area contributed by atoms with Gasteiger partial charge in [0.2, 0.25) is 5.56 Å². The monoisotopic (exact) mass is 266 g/mol. The minimum absolute atomic E-state index is 0. The van der Waals surface area contributed by atoms with Gasteiger partial charge in [-0.1, -0.05) is 6.07 Å². The molecule has 18 heavy (non-hydrogen) atoms. The maximum absolute atomic E-state index is 11.3. The Kier molecular flexibility index (Phi) is 3.32. The lowest BCUT2D eigenvalue weighted by atomic mass is 10.0. The van der Waals surface area contributed by atoms with E-state index in [9.17, 15) is 4.79 Å². The Bertz CT molecular complexity index is 651. The number of nitrogens with two attached hydrogens (primary N) is 1. The molecule has 1 aliphatic rings. The summed E-state index contributed by atoms with van der Waals surface area (Å²) in [4.78, 5) is 14.2. The van der Waals surface area contributed by atoms with E-state index in [1.54, 1.807) is 0 Å². The third-order valence-electron chi connectivity index (χ3n) is 3.24. The number of H-pyrrole nitrogens is 1. The van der Waals surface area contributed by atoms with Gasteiger partial charge in [-0.05, 0) is 24.1 Å². The van der Waals surface area contributed by atoms with E-state index in [-0.39, 0.29) is 24.1 Å². The largest absolute Gasteiger partial charge is 0.488 e. The van der Waals surface area contributed by atoms with Crippen LogP contribution in [0.25, 0.3) is 10.9 Å². The summed E-state index contributed by atoms with van der Waals surface area (Å²) in [6.45, 7) is 2.51. The molecule has 2 aromatic rings. The van der Waals surface area contributed by atoms with Crippen LogP contribution in [0.2, 0.25) is 0 Å². The normalized spacial score (nSPS) is 17.1. The second-order valence-electron chi connectivity index (χ2n) is 4.47. The van der Waals surface area contributed by atoms with Gasteiger partial charge < -0.3 is 15.5 Å². The molecular formula is C13H15ClN2O2. The van der Waals surface area contributed by atoms with E-state index in [1.807, 2.05) is 13.0 Å². The minimum Gasteiger partial charge on any atom is -0.488 e. The first-order valence-electron chi connectivity index (χ1n) is 5.71. The molecule has 0 bridgehead atoms. The van der Waals surface area contributed by atoms with E-state index in [0.29, 0.717) is 6.54 Å². The lowest BCUT2D eigenvalue weighted by molar-refractivity contribution is 0.244. The zero-order chi connectivity index (χ0) is 12.0. The van der Waals surface area contributed by atoms with Crippen molar-refractivity contribution in [3.05, 3.63) is 39.7 Å². The van der Waals surface area contributed by atoms with Crippen LogP contribution in [0.5, 0.6) is 5.75 Å². The van der Waals surface area contributed by atoms with Crippen LogP contribution in [-0.4, -0.2) is 17.6 Å². The molecule has 0 fully saturated rings. The van der Waals surface area contributed by atoms with Crippen molar-refractivity contribution in [1.29, 1.82) is 0 Å². The quantitative estimate of drug-likeness (QED) is 0.822. The number of rotatable bonds is 1. The number of hydrogen-bond donors (Lipinski definition) is 2. The number of ether oxygens (including phenoxy) is 1. The number of aromatic amines is 1. The van der Waals surface area contributed by atoms with Gasteiger partial charge in [-0.15, -0.1) is 12.4 Å². The van der Waals surface area contributed by atoms with E-state index in [1.165, 1.54) is 11.6 Å². The van der Waals surface area contributed by atoms with Crippen molar-refractivity contribution in [2.24, 2.45) is 5.73 Å². The first-order valence-corrected chi connectivity index (χ1v) is 5.71. The Hall–Kier alpha value is -1.52. The molecule has 2 heterocycles. The predicted octanol–water partition coefficient (Wildman–Crippen LogP) is 1.52. The molecule has 0 saturated carbocycles. The van der Waals surface area contributed by atoms with E-state index in [2.05, 4.69) is 11.1 Å². The van der Waals surface area contributed by atoms with Gasteiger partial charge in [0.05, 0.1) is 5.52 Å². The number of halogens is 1. The van der Waals surface area contributed by atoms with Gasteiger partial charge in [-0.3, -0.25) is 4.79 Å². The second kappa shape index (κ2) is 4.63. The highest BCUT2D eigenvalue weighted by Crippen LogP contribution is 2.36. The third kappa shape index (κ3) is 1.87. The third-order valence-corrected chi connectivity index (χ3v) is 3.24. The minimum atomic E-state index is -0.0890. The summed E-state index contributed by atoms with van der Waals surface area (Å²) in [6.07, 6.45) is 0.906. The molecule has 3 rings (SSSR count). The van der Waals surface area contributed by atoms with Gasteiger partial charge in [0.1, 0.15) is 11.9 Å². The molecule has 3 N–H and O–H groups in total. The summed E-state index contributed by atoms with van der Waals surface area (Å²) >= 11 is 0. The highest BCUT2D eigenvalue weighted by Gasteiger charge is 2.24. The van der Waals surface area contributed by atoms with Gasteiger partial charge in [0, 0.05) is 24.4 Å². The fourth-order valence-electron chi connectivity index (χ4n) is 2.42. The van der Waals surface area contributed by atoms with Crippen molar-refractivity contribution >= 4 is 23.3 Å². The first kappa shape index (κ1) is 12.9. The molecule has 0 radical (unpaired) electrons. The van der Waals surface area contributed by atoms with Gasteiger partial charge >= 0.3 is 0 Å². The Morgan fingerprint density at radius 1 is 1.50 bits per heavy atom. The number of benzene rings is 1. The highest BCUT2D eigenvalue weighted by molar-refractivity contribution is 5.89. The molecule has 0 spiro atoms. The lowest BCUT2D eigenvalue weighted by Crippen LogP contribution is -2.24. The number of fused-ring (bicyclic) bond motifs is 3. The number of pyridine rings is 1. The van der Waals surface area contributed by atoms with Crippen LogP contribution in [0, 0.1) is 6.92 Å². The Balaban J connectivity index is 0.00000120. The zero-order valence-electron chi connectivity index (χ0n) is 10.0. The molecule has 4 nitrogen and oxygen atoms in total. The van der Waals surface area contributed by atoms with Crippen molar-refractivity contribution in [1.82, 2.24) is 4.98 Å². The van der Waals surface area contributed by atoms with Crippen LogP contribution in [-0.2, 0) is 6.42 Å². The molecule has 0 aliphatic carbocycles. The Morgan fingerprint density at radius 2 is 2.28 bits per heavy atom. The maximum Gasteiger partial charge on any atom is 0.248 e. The van der Waals surface area contributed by atoms with Gasteiger partial charge in [-0.25, -0.2) is 0 Å². The van der Waals surface area contributed by atoms with Crippen LogP contribution < -0.4 is 16.0 Å². The van der Waals surface area contributed by atoms with Crippen molar-refractivity contribution in [3.63, 3.8) is 0 Å².